The van der Waals surface area contributed by atoms with Gasteiger partial charge in [0, 0.05) is 11.6 Å². The first kappa shape index (κ1) is 10.4. The molecule has 78 valence electrons. The minimum Gasteiger partial charge on any atom is -0.494 e. The van der Waals surface area contributed by atoms with Crippen LogP contribution in [0.15, 0.2) is 16.9 Å². The number of pyridine rings is 1. The molecule has 0 aliphatic rings. The maximum Gasteiger partial charge on any atom is 0.349 e. The van der Waals surface area contributed by atoms with E-state index >= 15 is 0 Å². The number of rotatable bonds is 2. The molecule has 2 rings (SSSR count). The molecule has 0 fully saturated rings. The zero-order valence-corrected chi connectivity index (χ0v) is 10.1. The van der Waals surface area contributed by atoms with Gasteiger partial charge in [-0.1, -0.05) is 0 Å². The molecule has 0 aliphatic heterocycles. The lowest BCUT2D eigenvalue weighted by Crippen LogP contribution is -1.95. The van der Waals surface area contributed by atoms with E-state index in [0.29, 0.717) is 10.4 Å². The highest BCUT2D eigenvalue weighted by molar-refractivity contribution is 9.10. The number of carboxylic acids is 1. The van der Waals surface area contributed by atoms with Crippen LogP contribution in [0.1, 0.15) is 9.67 Å². The van der Waals surface area contributed by atoms with Gasteiger partial charge < -0.3 is 9.84 Å². The molecule has 2 aromatic heterocycles. The van der Waals surface area contributed by atoms with Gasteiger partial charge in [0.25, 0.3) is 0 Å². The molecule has 0 amide bonds. The molecule has 1 N–H and O–H groups in total. The molecule has 0 spiro atoms. The van der Waals surface area contributed by atoms with Gasteiger partial charge in [-0.3, -0.25) is 0 Å². The van der Waals surface area contributed by atoms with E-state index in [2.05, 4.69) is 20.9 Å². The molecule has 0 aliphatic carbocycles. The number of carbonyl (C=O) groups is 1. The van der Waals surface area contributed by atoms with Crippen molar-refractivity contribution in [3.05, 3.63) is 21.7 Å². The highest BCUT2D eigenvalue weighted by Crippen LogP contribution is 2.40. The van der Waals surface area contributed by atoms with Crippen LogP contribution in [0, 0.1) is 0 Å². The van der Waals surface area contributed by atoms with Gasteiger partial charge in [0.2, 0.25) is 0 Å². The van der Waals surface area contributed by atoms with E-state index in [1.54, 1.807) is 12.3 Å². The van der Waals surface area contributed by atoms with Crippen LogP contribution in [0.5, 0.6) is 5.75 Å². The Labute approximate surface area is 97.6 Å². The molecule has 0 saturated carbocycles. The number of halogens is 1. The van der Waals surface area contributed by atoms with Crippen molar-refractivity contribution >= 4 is 43.3 Å². The van der Waals surface area contributed by atoms with Gasteiger partial charge in [-0.2, -0.15) is 0 Å². The SMILES string of the molecule is COc1c(C(=O)O)sc2c(Br)nccc12. The largest absolute Gasteiger partial charge is 0.494 e. The van der Waals surface area contributed by atoms with Gasteiger partial charge in [0.1, 0.15) is 4.60 Å². The number of ether oxygens (including phenoxy) is 1. The molecule has 0 radical (unpaired) electrons. The van der Waals surface area contributed by atoms with Crippen molar-refractivity contribution in [3.63, 3.8) is 0 Å². The number of aromatic carboxylic acids is 1. The predicted molar refractivity (Wildman–Crippen MR) is 60.8 cm³/mol. The van der Waals surface area contributed by atoms with Crippen LogP contribution in [0.4, 0.5) is 0 Å². The van der Waals surface area contributed by atoms with Crippen LogP contribution in [-0.2, 0) is 0 Å². The second kappa shape index (κ2) is 3.79. The summed E-state index contributed by atoms with van der Waals surface area (Å²) in [6.45, 7) is 0. The van der Waals surface area contributed by atoms with Crippen LogP contribution < -0.4 is 4.74 Å². The molecule has 15 heavy (non-hydrogen) atoms. The topological polar surface area (TPSA) is 59.4 Å². The summed E-state index contributed by atoms with van der Waals surface area (Å²) < 4.78 is 6.51. The molecule has 0 bridgehead atoms. The molecular formula is C9H6BrNO3S. The Morgan fingerprint density at radius 2 is 2.40 bits per heavy atom. The summed E-state index contributed by atoms with van der Waals surface area (Å²) in [6, 6.07) is 1.74. The maximum absolute atomic E-state index is 11.0. The number of fused-ring (bicyclic) bond motifs is 1. The zero-order chi connectivity index (χ0) is 11.0. The van der Waals surface area contributed by atoms with E-state index in [1.807, 2.05) is 0 Å². The fourth-order valence-corrected chi connectivity index (χ4v) is 2.87. The lowest BCUT2D eigenvalue weighted by atomic mass is 10.3. The first-order chi connectivity index (χ1) is 7.15. The van der Waals surface area contributed by atoms with E-state index in [4.69, 9.17) is 9.84 Å². The van der Waals surface area contributed by atoms with Gasteiger partial charge in [-0.25, -0.2) is 9.78 Å². The lowest BCUT2D eigenvalue weighted by molar-refractivity contribution is 0.0699. The summed E-state index contributed by atoms with van der Waals surface area (Å²) in [5, 5.41) is 9.75. The Hall–Kier alpha value is -1.14. The van der Waals surface area contributed by atoms with E-state index in [1.165, 1.54) is 7.11 Å². The van der Waals surface area contributed by atoms with Gasteiger partial charge in [0.15, 0.2) is 10.6 Å². The van der Waals surface area contributed by atoms with Crippen LogP contribution in [0.25, 0.3) is 10.1 Å². The molecule has 0 saturated heterocycles. The highest BCUT2D eigenvalue weighted by Gasteiger charge is 2.19. The average molecular weight is 288 g/mol. The van der Waals surface area contributed by atoms with Crippen molar-refractivity contribution in [1.29, 1.82) is 0 Å². The van der Waals surface area contributed by atoms with E-state index in [-0.39, 0.29) is 4.88 Å². The minimum absolute atomic E-state index is 0.196. The number of aromatic nitrogens is 1. The standard InChI is InChI=1S/C9H6BrNO3S/c1-14-5-4-2-3-11-8(10)6(4)15-7(5)9(12)13/h2-3H,1H3,(H,12,13). The Morgan fingerprint density at radius 3 is 3.00 bits per heavy atom. The average Bonchev–Trinajstić information content (AvgIpc) is 2.57. The summed E-state index contributed by atoms with van der Waals surface area (Å²) in [6.07, 6.45) is 1.60. The Kier molecular flexibility index (Phi) is 2.62. The number of methoxy groups -OCH3 is 1. The molecule has 0 unspecified atom stereocenters. The summed E-state index contributed by atoms with van der Waals surface area (Å²) in [4.78, 5) is 15.2. The monoisotopic (exact) mass is 287 g/mol. The molecule has 2 heterocycles. The summed E-state index contributed by atoms with van der Waals surface area (Å²) in [7, 11) is 1.46. The second-order valence-electron chi connectivity index (χ2n) is 2.75. The third-order valence-electron chi connectivity index (χ3n) is 1.91. The van der Waals surface area contributed by atoms with E-state index < -0.39 is 5.97 Å². The van der Waals surface area contributed by atoms with Crippen LogP contribution >= 0.6 is 27.3 Å². The highest BCUT2D eigenvalue weighted by atomic mass is 79.9. The fourth-order valence-electron chi connectivity index (χ4n) is 1.31. The van der Waals surface area contributed by atoms with E-state index in [0.717, 1.165) is 21.4 Å². The molecule has 6 heteroatoms. The summed E-state index contributed by atoms with van der Waals surface area (Å²) >= 11 is 4.42. The van der Waals surface area contributed by atoms with Gasteiger partial charge >= 0.3 is 5.97 Å². The first-order valence-electron chi connectivity index (χ1n) is 3.99. The predicted octanol–water partition coefficient (Wildman–Crippen LogP) is 2.77. The normalized spacial score (nSPS) is 10.5. The number of thiophene rings is 1. The van der Waals surface area contributed by atoms with Crippen molar-refractivity contribution in [2.45, 2.75) is 0 Å². The van der Waals surface area contributed by atoms with E-state index in [9.17, 15) is 4.79 Å². The molecule has 0 aromatic carbocycles. The first-order valence-corrected chi connectivity index (χ1v) is 5.60. The molecular weight excluding hydrogens is 282 g/mol. The van der Waals surface area contributed by atoms with Crippen LogP contribution in [0.3, 0.4) is 0 Å². The van der Waals surface area contributed by atoms with Crippen molar-refractivity contribution in [2.75, 3.05) is 7.11 Å². The summed E-state index contributed by atoms with van der Waals surface area (Å²) in [5.74, 6) is -0.592. The Morgan fingerprint density at radius 1 is 1.67 bits per heavy atom. The molecule has 4 nitrogen and oxygen atoms in total. The second-order valence-corrected chi connectivity index (χ2v) is 4.52. The zero-order valence-electron chi connectivity index (χ0n) is 7.65. The third kappa shape index (κ3) is 1.59. The number of hydrogen-bond acceptors (Lipinski definition) is 4. The Balaban J connectivity index is 2.84. The number of carboxylic acid groups (broad SMARTS) is 1. The maximum atomic E-state index is 11.0. The number of nitrogens with zero attached hydrogens (tertiary/aromatic N) is 1. The molecule has 0 atom stereocenters. The van der Waals surface area contributed by atoms with Crippen LogP contribution in [-0.4, -0.2) is 23.2 Å². The third-order valence-corrected chi connectivity index (χ3v) is 3.96. The van der Waals surface area contributed by atoms with Gasteiger partial charge in [-0.15, -0.1) is 11.3 Å². The fraction of sp³-hybridized carbons (Fsp3) is 0.111. The minimum atomic E-state index is -0.986. The van der Waals surface area contributed by atoms with Crippen molar-refractivity contribution in [1.82, 2.24) is 4.98 Å². The summed E-state index contributed by atoms with van der Waals surface area (Å²) in [5.41, 5.74) is 0. The quantitative estimate of drug-likeness (QED) is 0.863. The smallest absolute Gasteiger partial charge is 0.349 e. The van der Waals surface area contributed by atoms with Crippen LogP contribution in [0.2, 0.25) is 0 Å². The molecule has 2 aromatic rings. The van der Waals surface area contributed by atoms with Crippen molar-refractivity contribution in [3.8, 4) is 5.75 Å². The number of hydrogen-bond donors (Lipinski definition) is 1. The Bertz CT molecular complexity index is 537. The van der Waals surface area contributed by atoms with Gasteiger partial charge in [-0.05, 0) is 22.0 Å². The van der Waals surface area contributed by atoms with Crippen molar-refractivity contribution < 1.29 is 14.6 Å². The van der Waals surface area contributed by atoms with Gasteiger partial charge in [0.05, 0.1) is 11.8 Å². The lowest BCUT2D eigenvalue weighted by Gasteiger charge is -1.98. The van der Waals surface area contributed by atoms with Crippen molar-refractivity contribution in [2.24, 2.45) is 0 Å².